The average Bonchev–Trinajstić information content (AvgIpc) is 1.99. The fourth-order valence-corrected chi connectivity index (χ4v) is 0.453. The third kappa shape index (κ3) is 3.45. The number of hydrogen-bond acceptors (Lipinski definition) is 2. The van der Waals surface area contributed by atoms with Crippen LogP contribution in [0.15, 0.2) is 36.6 Å². The van der Waals surface area contributed by atoms with Crippen LogP contribution in [0.2, 0.25) is 0 Å². The van der Waals surface area contributed by atoms with Crippen molar-refractivity contribution in [3.05, 3.63) is 36.6 Å². The summed E-state index contributed by atoms with van der Waals surface area (Å²) in [4.78, 5) is 0. The highest BCUT2D eigenvalue weighted by Gasteiger charge is 2.00. The van der Waals surface area contributed by atoms with E-state index in [2.05, 4.69) is 22.6 Å². The molecule has 0 aromatic heterocycles. The molecular formula is C8H11FO2. The van der Waals surface area contributed by atoms with Crippen molar-refractivity contribution in [2.75, 3.05) is 14.2 Å². The molecule has 0 bridgehead atoms. The van der Waals surface area contributed by atoms with Crippen molar-refractivity contribution in [1.82, 2.24) is 0 Å². The first-order chi connectivity index (χ1) is 5.11. The van der Waals surface area contributed by atoms with Gasteiger partial charge in [0.15, 0.2) is 11.6 Å². The van der Waals surface area contributed by atoms with Gasteiger partial charge in [-0.05, 0) is 0 Å². The minimum atomic E-state index is -0.647. The van der Waals surface area contributed by atoms with E-state index in [0.29, 0.717) is 5.76 Å². The van der Waals surface area contributed by atoms with Crippen LogP contribution >= 0.6 is 0 Å². The third-order valence-corrected chi connectivity index (χ3v) is 1.04. The highest BCUT2D eigenvalue weighted by molar-refractivity contribution is 5.23. The predicted molar refractivity (Wildman–Crippen MR) is 41.5 cm³/mol. The van der Waals surface area contributed by atoms with Gasteiger partial charge in [0.2, 0.25) is 0 Å². The van der Waals surface area contributed by atoms with E-state index in [-0.39, 0.29) is 5.76 Å². The third-order valence-electron chi connectivity index (χ3n) is 1.04. The lowest BCUT2D eigenvalue weighted by Crippen LogP contribution is -1.89. The van der Waals surface area contributed by atoms with Gasteiger partial charge in [-0.25, -0.2) is 4.39 Å². The Morgan fingerprint density at radius 2 is 1.82 bits per heavy atom. The number of hydrogen-bond donors (Lipinski definition) is 0. The molecule has 0 saturated carbocycles. The standard InChI is InChI=1S/C8H11FO2/c1-6(10-3)5-8(11-4)7(2)9/h5H,1-2H2,3-4H3/b8-5+. The smallest absolute Gasteiger partial charge is 0.158 e. The summed E-state index contributed by atoms with van der Waals surface area (Å²) in [5, 5.41) is 0. The molecule has 0 rings (SSSR count). The lowest BCUT2D eigenvalue weighted by molar-refractivity contribution is 0.271. The Labute approximate surface area is 65.6 Å². The Morgan fingerprint density at radius 3 is 2.09 bits per heavy atom. The van der Waals surface area contributed by atoms with Crippen molar-refractivity contribution < 1.29 is 13.9 Å². The molecule has 0 aliphatic heterocycles. The summed E-state index contributed by atoms with van der Waals surface area (Å²) in [5.74, 6) is -0.303. The highest BCUT2D eigenvalue weighted by atomic mass is 19.1. The second-order valence-corrected chi connectivity index (χ2v) is 1.79. The van der Waals surface area contributed by atoms with Crippen LogP contribution in [0.5, 0.6) is 0 Å². The van der Waals surface area contributed by atoms with Crippen LogP contribution in [-0.4, -0.2) is 14.2 Å². The Morgan fingerprint density at radius 1 is 1.27 bits per heavy atom. The molecular weight excluding hydrogens is 147 g/mol. The zero-order valence-corrected chi connectivity index (χ0v) is 6.69. The molecule has 11 heavy (non-hydrogen) atoms. The van der Waals surface area contributed by atoms with Gasteiger partial charge >= 0.3 is 0 Å². The summed E-state index contributed by atoms with van der Waals surface area (Å²) < 4.78 is 21.7. The minimum absolute atomic E-state index is 0.0249. The molecule has 0 heterocycles. The maximum Gasteiger partial charge on any atom is 0.158 e. The van der Waals surface area contributed by atoms with Crippen molar-refractivity contribution in [3.8, 4) is 0 Å². The molecule has 0 saturated heterocycles. The van der Waals surface area contributed by atoms with Crippen molar-refractivity contribution in [3.63, 3.8) is 0 Å². The van der Waals surface area contributed by atoms with Gasteiger partial charge in [-0.3, -0.25) is 0 Å². The first-order valence-corrected chi connectivity index (χ1v) is 2.95. The molecule has 0 aliphatic carbocycles. The Bertz CT molecular complexity index is 194. The molecule has 0 unspecified atom stereocenters. The molecule has 0 spiro atoms. The van der Waals surface area contributed by atoms with Gasteiger partial charge in [0.05, 0.1) is 14.2 Å². The second-order valence-electron chi connectivity index (χ2n) is 1.79. The highest BCUT2D eigenvalue weighted by Crippen LogP contribution is 2.11. The van der Waals surface area contributed by atoms with Gasteiger partial charge in [-0.15, -0.1) is 0 Å². The Hall–Kier alpha value is -1.25. The molecule has 0 fully saturated rings. The average molecular weight is 158 g/mol. The number of halogens is 1. The van der Waals surface area contributed by atoms with Crippen LogP contribution in [0.4, 0.5) is 4.39 Å². The van der Waals surface area contributed by atoms with Crippen LogP contribution in [0.25, 0.3) is 0 Å². The summed E-state index contributed by atoms with van der Waals surface area (Å²) in [6, 6.07) is 0. The van der Waals surface area contributed by atoms with E-state index in [0.717, 1.165) is 0 Å². The fraction of sp³-hybridized carbons (Fsp3) is 0.250. The van der Waals surface area contributed by atoms with Gasteiger partial charge in [-0.2, -0.15) is 0 Å². The molecule has 0 aromatic carbocycles. The van der Waals surface area contributed by atoms with E-state index in [1.165, 1.54) is 20.3 Å². The minimum Gasteiger partial charge on any atom is -0.497 e. The lowest BCUT2D eigenvalue weighted by atomic mass is 10.4. The first kappa shape index (κ1) is 9.75. The topological polar surface area (TPSA) is 18.5 Å². The van der Waals surface area contributed by atoms with Gasteiger partial charge in [0, 0.05) is 6.08 Å². The monoisotopic (exact) mass is 158 g/mol. The molecule has 0 atom stereocenters. The summed E-state index contributed by atoms with van der Waals surface area (Å²) >= 11 is 0. The maximum atomic E-state index is 12.4. The number of allylic oxidation sites excluding steroid dienone is 2. The molecule has 0 N–H and O–H groups in total. The molecule has 0 aliphatic rings. The lowest BCUT2D eigenvalue weighted by Gasteiger charge is -2.02. The molecule has 0 radical (unpaired) electrons. The largest absolute Gasteiger partial charge is 0.497 e. The van der Waals surface area contributed by atoms with E-state index < -0.39 is 5.83 Å². The van der Waals surface area contributed by atoms with Crippen LogP contribution < -0.4 is 0 Å². The molecule has 0 aromatic rings. The zero-order valence-electron chi connectivity index (χ0n) is 6.69. The quantitative estimate of drug-likeness (QED) is 0.461. The summed E-state index contributed by atoms with van der Waals surface area (Å²) in [6.07, 6.45) is 1.32. The molecule has 3 heteroatoms. The molecule has 2 nitrogen and oxygen atoms in total. The summed E-state index contributed by atoms with van der Waals surface area (Å²) in [7, 11) is 2.78. The molecule has 62 valence electrons. The SMILES string of the molecule is C=C(/C=C(/OC)C(=C)F)OC. The summed E-state index contributed by atoms with van der Waals surface area (Å²) in [6.45, 7) is 6.51. The van der Waals surface area contributed by atoms with E-state index in [4.69, 9.17) is 0 Å². The van der Waals surface area contributed by atoms with Crippen LogP contribution in [0.3, 0.4) is 0 Å². The number of methoxy groups -OCH3 is 2. The van der Waals surface area contributed by atoms with Gasteiger partial charge < -0.3 is 9.47 Å². The van der Waals surface area contributed by atoms with Crippen LogP contribution in [-0.2, 0) is 9.47 Å². The van der Waals surface area contributed by atoms with Crippen molar-refractivity contribution >= 4 is 0 Å². The Balaban J connectivity index is 4.35. The van der Waals surface area contributed by atoms with Crippen LogP contribution in [0, 0.1) is 0 Å². The van der Waals surface area contributed by atoms with Gasteiger partial charge in [0.25, 0.3) is 0 Å². The van der Waals surface area contributed by atoms with E-state index in [1.54, 1.807) is 0 Å². The summed E-state index contributed by atoms with van der Waals surface area (Å²) in [5.41, 5.74) is 0. The number of rotatable bonds is 4. The van der Waals surface area contributed by atoms with Crippen molar-refractivity contribution in [1.29, 1.82) is 0 Å². The maximum absolute atomic E-state index is 12.4. The van der Waals surface area contributed by atoms with Crippen LogP contribution in [0.1, 0.15) is 0 Å². The first-order valence-electron chi connectivity index (χ1n) is 2.95. The van der Waals surface area contributed by atoms with E-state index in [9.17, 15) is 4.39 Å². The predicted octanol–water partition coefficient (Wildman–Crippen LogP) is 2.16. The molecule has 0 amide bonds. The van der Waals surface area contributed by atoms with E-state index >= 15 is 0 Å². The van der Waals surface area contributed by atoms with E-state index in [1.807, 2.05) is 0 Å². The second kappa shape index (κ2) is 4.55. The van der Waals surface area contributed by atoms with Crippen molar-refractivity contribution in [2.45, 2.75) is 0 Å². The zero-order chi connectivity index (χ0) is 8.85. The normalized spacial score (nSPS) is 10.6. The number of ether oxygens (including phenoxy) is 2. The Kier molecular flexibility index (Phi) is 4.03. The van der Waals surface area contributed by atoms with Gasteiger partial charge in [0.1, 0.15) is 5.76 Å². The fourth-order valence-electron chi connectivity index (χ4n) is 0.453. The van der Waals surface area contributed by atoms with Crippen molar-refractivity contribution in [2.24, 2.45) is 0 Å². The van der Waals surface area contributed by atoms with Gasteiger partial charge in [-0.1, -0.05) is 13.2 Å².